The molecule has 0 fully saturated rings. The zero-order chi connectivity index (χ0) is 33.9. The lowest BCUT2D eigenvalue weighted by Crippen LogP contribution is -2.53. The lowest BCUT2D eigenvalue weighted by molar-refractivity contribution is -0.132. The maximum absolute atomic E-state index is 12.5. The van der Waals surface area contributed by atoms with Gasteiger partial charge >= 0.3 is 0 Å². The fourth-order valence-corrected chi connectivity index (χ4v) is 6.52. The molecule has 5 N–H and O–H groups in total. The Balaban J connectivity index is 3.72. The molecule has 0 heterocycles. The average Bonchev–Trinajstić information content (AvgIpc) is 3.06. The van der Waals surface area contributed by atoms with Gasteiger partial charge in [-0.15, -0.1) is 0 Å². The summed E-state index contributed by atoms with van der Waals surface area (Å²) in [7, 11) is 0. The maximum Gasteiger partial charge on any atom is 0.249 e. The van der Waals surface area contributed by atoms with Crippen molar-refractivity contribution in [2.24, 2.45) is 0 Å². The first-order valence-corrected chi connectivity index (χ1v) is 20.4. The number of rotatable bonds is 37. The van der Waals surface area contributed by atoms with E-state index in [2.05, 4.69) is 19.2 Å². The maximum atomic E-state index is 12.5. The molecule has 0 bridgehead atoms. The van der Waals surface area contributed by atoms with Gasteiger partial charge in [-0.1, -0.05) is 206 Å². The Kier molecular flexibility index (Phi) is 35.1. The smallest absolute Gasteiger partial charge is 0.249 e. The van der Waals surface area contributed by atoms with Crippen LogP contribution in [0.1, 0.15) is 219 Å². The Morgan fingerprint density at radius 3 is 1.04 bits per heavy atom. The summed E-state index contributed by atoms with van der Waals surface area (Å²) in [5.74, 6) is -0.581. The second-order valence-electron chi connectivity index (χ2n) is 14.3. The third-order valence-corrected chi connectivity index (χ3v) is 9.82. The van der Waals surface area contributed by atoms with E-state index >= 15 is 0 Å². The zero-order valence-electron chi connectivity index (χ0n) is 30.8. The standard InChI is InChI=1S/C40H81NO5/c1-3-5-7-9-11-13-15-17-18-19-20-21-22-24-26-28-30-32-34-38(44)40(46)41-36(35-42)39(45)37(43)33-31-29-27-25-23-16-14-12-10-8-6-4-2/h36-39,42-45H,3-35H2,1-2H3,(H,41,46)/t36-,37+,38+,39-/m0/s1. The lowest BCUT2D eigenvalue weighted by atomic mass is 9.99. The van der Waals surface area contributed by atoms with Crippen LogP contribution in [0.15, 0.2) is 0 Å². The van der Waals surface area contributed by atoms with Crippen LogP contribution in [0.3, 0.4) is 0 Å². The van der Waals surface area contributed by atoms with Gasteiger partial charge in [0.1, 0.15) is 12.2 Å². The first-order valence-electron chi connectivity index (χ1n) is 20.4. The molecule has 6 nitrogen and oxygen atoms in total. The highest BCUT2D eigenvalue weighted by Gasteiger charge is 2.28. The fraction of sp³-hybridized carbons (Fsp3) is 0.975. The van der Waals surface area contributed by atoms with Crippen LogP contribution in [-0.4, -0.2) is 57.3 Å². The van der Waals surface area contributed by atoms with Crippen LogP contribution in [-0.2, 0) is 4.79 Å². The number of aliphatic hydroxyl groups is 4. The highest BCUT2D eigenvalue weighted by molar-refractivity contribution is 5.80. The van der Waals surface area contributed by atoms with E-state index in [4.69, 9.17) is 0 Å². The van der Waals surface area contributed by atoms with Crippen LogP contribution in [0.2, 0.25) is 0 Å². The van der Waals surface area contributed by atoms with Gasteiger partial charge in [-0.05, 0) is 12.8 Å². The van der Waals surface area contributed by atoms with Gasteiger partial charge in [-0.2, -0.15) is 0 Å². The van der Waals surface area contributed by atoms with Crippen LogP contribution in [0, 0.1) is 0 Å². The Labute approximate surface area is 286 Å². The lowest BCUT2D eigenvalue weighted by Gasteiger charge is -2.27. The van der Waals surface area contributed by atoms with Crippen LogP contribution in [0.4, 0.5) is 0 Å². The van der Waals surface area contributed by atoms with Gasteiger partial charge in [0.2, 0.25) is 5.91 Å². The van der Waals surface area contributed by atoms with Crippen molar-refractivity contribution in [1.82, 2.24) is 5.32 Å². The fourth-order valence-electron chi connectivity index (χ4n) is 6.52. The minimum absolute atomic E-state index is 0.375. The van der Waals surface area contributed by atoms with Crippen molar-refractivity contribution < 1.29 is 25.2 Å². The molecular formula is C40H81NO5. The molecule has 46 heavy (non-hydrogen) atoms. The highest BCUT2D eigenvalue weighted by Crippen LogP contribution is 2.17. The molecule has 0 aromatic heterocycles. The molecule has 1 amide bonds. The number of hydrogen-bond donors (Lipinski definition) is 5. The Hall–Kier alpha value is -0.690. The van der Waals surface area contributed by atoms with Gasteiger partial charge in [0.15, 0.2) is 0 Å². The largest absolute Gasteiger partial charge is 0.394 e. The van der Waals surface area contributed by atoms with Gasteiger partial charge < -0.3 is 25.7 Å². The van der Waals surface area contributed by atoms with Crippen molar-refractivity contribution >= 4 is 5.91 Å². The van der Waals surface area contributed by atoms with Crippen molar-refractivity contribution in [3.05, 3.63) is 0 Å². The third-order valence-electron chi connectivity index (χ3n) is 9.82. The van der Waals surface area contributed by atoms with Crippen LogP contribution in [0.5, 0.6) is 0 Å². The molecule has 4 atom stereocenters. The van der Waals surface area contributed by atoms with Crippen molar-refractivity contribution in [2.45, 2.75) is 244 Å². The summed E-state index contributed by atoms with van der Waals surface area (Å²) in [5, 5.41) is 43.5. The van der Waals surface area contributed by atoms with Gasteiger partial charge in [-0.25, -0.2) is 0 Å². The molecule has 0 unspecified atom stereocenters. The number of carbonyl (C=O) groups is 1. The quantitative estimate of drug-likeness (QED) is 0.0428. The SMILES string of the molecule is CCCCCCCCCCCCCCCCCCCC[C@@H](O)C(=O)N[C@@H](CO)[C@H](O)[C@H](O)CCCCCCCCCCCCCC. The monoisotopic (exact) mass is 656 g/mol. The van der Waals surface area contributed by atoms with Crippen molar-refractivity contribution in [2.75, 3.05) is 6.61 Å². The number of aliphatic hydroxyl groups excluding tert-OH is 4. The molecule has 0 rings (SSSR count). The van der Waals surface area contributed by atoms with Gasteiger partial charge in [-0.3, -0.25) is 4.79 Å². The van der Waals surface area contributed by atoms with E-state index in [0.717, 1.165) is 38.5 Å². The van der Waals surface area contributed by atoms with Gasteiger partial charge in [0.25, 0.3) is 0 Å². The molecule has 276 valence electrons. The molecule has 0 aliphatic carbocycles. The van der Waals surface area contributed by atoms with E-state index in [0.29, 0.717) is 12.8 Å². The van der Waals surface area contributed by atoms with E-state index in [1.807, 2.05) is 0 Å². The molecule has 6 heteroatoms. The van der Waals surface area contributed by atoms with E-state index in [1.54, 1.807) is 0 Å². The number of unbranched alkanes of at least 4 members (excludes halogenated alkanes) is 28. The molecule has 0 aliphatic heterocycles. The second-order valence-corrected chi connectivity index (χ2v) is 14.3. The predicted octanol–water partition coefficient (Wildman–Crippen LogP) is 10.1. The van der Waals surface area contributed by atoms with E-state index in [1.165, 1.54) is 154 Å². The first-order chi connectivity index (χ1) is 22.5. The Morgan fingerprint density at radius 1 is 0.457 bits per heavy atom. The van der Waals surface area contributed by atoms with Gasteiger partial charge in [0.05, 0.1) is 18.8 Å². The van der Waals surface area contributed by atoms with Crippen LogP contribution < -0.4 is 5.32 Å². The molecule has 0 aliphatic rings. The van der Waals surface area contributed by atoms with Crippen LogP contribution in [0.25, 0.3) is 0 Å². The molecule has 0 aromatic rings. The molecular weight excluding hydrogens is 574 g/mol. The average molecular weight is 656 g/mol. The minimum Gasteiger partial charge on any atom is -0.394 e. The summed E-state index contributed by atoms with van der Waals surface area (Å²) in [6, 6.07) is -0.977. The number of amides is 1. The summed E-state index contributed by atoms with van der Waals surface area (Å²) in [6.45, 7) is 4.04. The van der Waals surface area contributed by atoms with E-state index in [-0.39, 0.29) is 0 Å². The van der Waals surface area contributed by atoms with E-state index in [9.17, 15) is 25.2 Å². The summed E-state index contributed by atoms with van der Waals surface area (Å²) >= 11 is 0. The predicted molar refractivity (Wildman–Crippen MR) is 196 cm³/mol. The highest BCUT2D eigenvalue weighted by atomic mass is 16.3. The van der Waals surface area contributed by atoms with Crippen molar-refractivity contribution in [3.8, 4) is 0 Å². The number of nitrogens with one attached hydrogen (secondary N) is 1. The summed E-state index contributed by atoms with van der Waals surface area (Å²) < 4.78 is 0. The minimum atomic E-state index is -1.25. The Bertz CT molecular complexity index is 618. The Morgan fingerprint density at radius 2 is 0.739 bits per heavy atom. The topological polar surface area (TPSA) is 110 Å². The molecule has 0 saturated heterocycles. The second kappa shape index (κ2) is 35.6. The zero-order valence-corrected chi connectivity index (χ0v) is 30.8. The van der Waals surface area contributed by atoms with Crippen molar-refractivity contribution in [1.29, 1.82) is 0 Å². The first kappa shape index (κ1) is 45.3. The van der Waals surface area contributed by atoms with Gasteiger partial charge in [0, 0.05) is 0 Å². The summed E-state index contributed by atoms with van der Waals surface area (Å²) in [5.41, 5.74) is 0. The normalized spacial score (nSPS) is 14.3. The summed E-state index contributed by atoms with van der Waals surface area (Å²) in [6.07, 6.45) is 35.5. The summed E-state index contributed by atoms with van der Waals surface area (Å²) in [4.78, 5) is 12.5. The molecule has 0 saturated carbocycles. The molecule has 0 radical (unpaired) electrons. The van der Waals surface area contributed by atoms with E-state index < -0.39 is 36.9 Å². The number of carbonyl (C=O) groups excluding carboxylic acids is 1. The molecule has 0 aromatic carbocycles. The van der Waals surface area contributed by atoms with Crippen molar-refractivity contribution in [3.63, 3.8) is 0 Å². The van der Waals surface area contributed by atoms with Crippen LogP contribution >= 0.6 is 0 Å². The third kappa shape index (κ3) is 29.4. The number of hydrogen-bond acceptors (Lipinski definition) is 5. The molecule has 0 spiro atoms.